The monoisotopic (exact) mass is 341 g/mol. The number of carbonyl (C=O) groups is 1. The Morgan fingerprint density at radius 1 is 0.957 bits per heavy atom. The lowest BCUT2D eigenvalue weighted by molar-refractivity contribution is 0.0691. The molecular weight excluding hydrogens is 310 g/mol. The zero-order valence-electron chi connectivity index (χ0n) is 14.5. The first-order valence-electron chi connectivity index (χ1n) is 9.25. The number of hydrogen-bond donors (Lipinski definition) is 2. The molecule has 0 aliphatic carbocycles. The topological polar surface area (TPSA) is 53.1 Å². The minimum absolute atomic E-state index is 0.112. The molecule has 0 atom stereocenters. The SMILES string of the molecule is CCCCCCCCCCCCCCc1cc(Cl)c(C(=O)O)[nH]1. The third kappa shape index (κ3) is 9.04. The van der Waals surface area contributed by atoms with E-state index in [-0.39, 0.29) is 5.69 Å². The van der Waals surface area contributed by atoms with Crippen molar-refractivity contribution in [3.05, 3.63) is 22.5 Å². The average molecular weight is 342 g/mol. The van der Waals surface area contributed by atoms with Crippen molar-refractivity contribution < 1.29 is 9.90 Å². The van der Waals surface area contributed by atoms with E-state index < -0.39 is 5.97 Å². The van der Waals surface area contributed by atoms with Gasteiger partial charge in [-0.2, -0.15) is 0 Å². The fourth-order valence-corrected chi connectivity index (χ4v) is 3.19. The summed E-state index contributed by atoms with van der Waals surface area (Å²) >= 11 is 5.88. The molecular formula is C19H32ClNO2. The van der Waals surface area contributed by atoms with Gasteiger partial charge in [-0.25, -0.2) is 4.79 Å². The molecule has 1 aromatic heterocycles. The van der Waals surface area contributed by atoms with Gasteiger partial charge < -0.3 is 10.1 Å². The van der Waals surface area contributed by atoms with Crippen LogP contribution in [0, 0.1) is 0 Å². The highest BCUT2D eigenvalue weighted by Gasteiger charge is 2.12. The second-order valence-electron chi connectivity index (χ2n) is 6.46. The second-order valence-corrected chi connectivity index (χ2v) is 6.87. The molecule has 0 aliphatic heterocycles. The number of rotatable bonds is 14. The van der Waals surface area contributed by atoms with Gasteiger partial charge in [0.25, 0.3) is 0 Å². The van der Waals surface area contributed by atoms with Crippen molar-refractivity contribution in [1.82, 2.24) is 4.98 Å². The van der Waals surface area contributed by atoms with Crippen LogP contribution < -0.4 is 0 Å². The molecule has 0 fully saturated rings. The Hall–Kier alpha value is -0.960. The van der Waals surface area contributed by atoms with Crippen molar-refractivity contribution in [2.24, 2.45) is 0 Å². The lowest BCUT2D eigenvalue weighted by Crippen LogP contribution is -1.97. The van der Waals surface area contributed by atoms with E-state index in [0.29, 0.717) is 5.02 Å². The fraction of sp³-hybridized carbons (Fsp3) is 0.737. The number of aromatic nitrogens is 1. The normalized spacial score (nSPS) is 11.0. The van der Waals surface area contributed by atoms with Crippen molar-refractivity contribution in [2.45, 2.75) is 90.4 Å². The van der Waals surface area contributed by atoms with Gasteiger partial charge >= 0.3 is 5.97 Å². The van der Waals surface area contributed by atoms with Gasteiger partial charge in [0.05, 0.1) is 5.02 Å². The number of halogens is 1. The van der Waals surface area contributed by atoms with E-state index in [1.165, 1.54) is 70.6 Å². The molecule has 0 bridgehead atoms. The largest absolute Gasteiger partial charge is 0.477 e. The molecule has 3 nitrogen and oxygen atoms in total. The number of aromatic amines is 1. The van der Waals surface area contributed by atoms with Crippen LogP contribution >= 0.6 is 11.6 Å². The molecule has 23 heavy (non-hydrogen) atoms. The number of H-pyrrole nitrogens is 1. The van der Waals surface area contributed by atoms with E-state index in [9.17, 15) is 4.79 Å². The number of unbranched alkanes of at least 4 members (excludes halogenated alkanes) is 11. The third-order valence-electron chi connectivity index (χ3n) is 4.34. The van der Waals surface area contributed by atoms with Crippen LogP contribution in [0.15, 0.2) is 6.07 Å². The Kier molecular flexibility index (Phi) is 10.9. The lowest BCUT2D eigenvalue weighted by atomic mass is 10.0. The predicted molar refractivity (Wildman–Crippen MR) is 97.5 cm³/mol. The number of carboxylic acid groups (broad SMARTS) is 1. The summed E-state index contributed by atoms with van der Waals surface area (Å²) in [5.41, 5.74) is 1.04. The molecule has 0 aromatic carbocycles. The minimum Gasteiger partial charge on any atom is -0.477 e. The van der Waals surface area contributed by atoms with Crippen LogP contribution in [-0.4, -0.2) is 16.1 Å². The van der Waals surface area contributed by atoms with Gasteiger partial charge in [-0.3, -0.25) is 0 Å². The Balaban J connectivity index is 1.94. The molecule has 0 spiro atoms. The Morgan fingerprint density at radius 2 is 1.43 bits per heavy atom. The summed E-state index contributed by atoms with van der Waals surface area (Å²) in [4.78, 5) is 13.8. The highest BCUT2D eigenvalue weighted by atomic mass is 35.5. The zero-order valence-corrected chi connectivity index (χ0v) is 15.3. The molecule has 1 heterocycles. The van der Waals surface area contributed by atoms with Crippen molar-refractivity contribution in [2.75, 3.05) is 0 Å². The molecule has 0 unspecified atom stereocenters. The van der Waals surface area contributed by atoms with Gasteiger partial charge in [0.15, 0.2) is 0 Å². The molecule has 132 valence electrons. The van der Waals surface area contributed by atoms with E-state index in [1.807, 2.05) is 0 Å². The minimum atomic E-state index is -0.990. The molecule has 4 heteroatoms. The first-order chi connectivity index (χ1) is 11.1. The van der Waals surface area contributed by atoms with Crippen LogP contribution in [0.2, 0.25) is 5.02 Å². The summed E-state index contributed by atoms with van der Waals surface area (Å²) in [6, 6.07) is 1.74. The highest BCUT2D eigenvalue weighted by molar-refractivity contribution is 6.33. The van der Waals surface area contributed by atoms with Gasteiger partial charge in [-0.15, -0.1) is 0 Å². The van der Waals surface area contributed by atoms with E-state index in [2.05, 4.69) is 11.9 Å². The number of aromatic carboxylic acids is 1. The van der Waals surface area contributed by atoms with Crippen LogP contribution in [0.3, 0.4) is 0 Å². The third-order valence-corrected chi connectivity index (χ3v) is 4.64. The van der Waals surface area contributed by atoms with Crippen molar-refractivity contribution in [3.63, 3.8) is 0 Å². The van der Waals surface area contributed by atoms with Gasteiger partial charge in [0.2, 0.25) is 0 Å². The van der Waals surface area contributed by atoms with Gasteiger partial charge in [0.1, 0.15) is 5.69 Å². The number of aryl methyl sites for hydroxylation is 1. The van der Waals surface area contributed by atoms with E-state index in [4.69, 9.17) is 16.7 Å². The highest BCUT2D eigenvalue weighted by Crippen LogP contribution is 2.19. The molecule has 1 aromatic rings. The summed E-state index contributed by atoms with van der Waals surface area (Å²) in [6.45, 7) is 2.26. The number of nitrogens with one attached hydrogen (secondary N) is 1. The summed E-state index contributed by atoms with van der Waals surface area (Å²) in [7, 11) is 0. The first-order valence-corrected chi connectivity index (χ1v) is 9.63. The summed E-state index contributed by atoms with van der Waals surface area (Å²) in [5.74, 6) is -0.990. The van der Waals surface area contributed by atoms with Crippen molar-refractivity contribution in [1.29, 1.82) is 0 Å². The predicted octanol–water partition coefficient (Wildman–Crippen LogP) is 6.61. The van der Waals surface area contributed by atoms with Crippen LogP contribution in [0.1, 0.15) is 100 Å². The molecule has 0 radical (unpaired) electrons. The quantitative estimate of drug-likeness (QED) is 0.374. The molecule has 0 saturated carbocycles. The fourth-order valence-electron chi connectivity index (χ4n) is 2.93. The van der Waals surface area contributed by atoms with Crippen molar-refractivity contribution >= 4 is 17.6 Å². The molecule has 0 amide bonds. The van der Waals surface area contributed by atoms with Crippen molar-refractivity contribution in [3.8, 4) is 0 Å². The summed E-state index contributed by atoms with van der Waals surface area (Å²) in [5, 5.41) is 9.25. The van der Waals surface area contributed by atoms with E-state index in [0.717, 1.165) is 18.5 Å². The van der Waals surface area contributed by atoms with Crippen LogP contribution in [0.4, 0.5) is 0 Å². The van der Waals surface area contributed by atoms with Crippen LogP contribution in [0.5, 0.6) is 0 Å². The standard InChI is InChI=1S/C19H32ClNO2/c1-2-3-4-5-6-7-8-9-10-11-12-13-14-16-15-17(20)18(21-16)19(22)23/h15,21H,2-14H2,1H3,(H,22,23). The molecule has 0 aliphatic rings. The van der Waals surface area contributed by atoms with E-state index >= 15 is 0 Å². The first kappa shape index (κ1) is 20.1. The maximum atomic E-state index is 10.9. The molecule has 1 rings (SSSR count). The Bertz CT molecular complexity index is 443. The molecule has 0 saturated heterocycles. The van der Waals surface area contributed by atoms with Gasteiger partial charge in [0, 0.05) is 5.69 Å². The van der Waals surface area contributed by atoms with Gasteiger partial charge in [-0.1, -0.05) is 89.2 Å². The van der Waals surface area contributed by atoms with Crippen LogP contribution in [-0.2, 0) is 6.42 Å². The molecule has 2 N–H and O–H groups in total. The van der Waals surface area contributed by atoms with E-state index in [1.54, 1.807) is 6.07 Å². The second kappa shape index (κ2) is 12.5. The Labute approximate surface area is 145 Å². The zero-order chi connectivity index (χ0) is 16.9. The van der Waals surface area contributed by atoms with Gasteiger partial charge in [-0.05, 0) is 18.9 Å². The summed E-state index contributed by atoms with van der Waals surface area (Å²) in [6.07, 6.45) is 16.8. The average Bonchev–Trinajstić information content (AvgIpc) is 2.89. The number of carboxylic acids is 1. The maximum absolute atomic E-state index is 10.9. The lowest BCUT2D eigenvalue weighted by Gasteiger charge is -2.02. The number of hydrogen-bond acceptors (Lipinski definition) is 1. The smallest absolute Gasteiger partial charge is 0.353 e. The summed E-state index contributed by atoms with van der Waals surface area (Å²) < 4.78 is 0. The van der Waals surface area contributed by atoms with Crippen LogP contribution in [0.25, 0.3) is 0 Å². The maximum Gasteiger partial charge on any atom is 0.353 e. The Morgan fingerprint density at radius 3 is 1.87 bits per heavy atom.